The van der Waals surface area contributed by atoms with Gasteiger partial charge in [-0.15, -0.1) is 0 Å². The van der Waals surface area contributed by atoms with Crippen LogP contribution in [0.2, 0.25) is 0 Å². The van der Waals surface area contributed by atoms with Crippen molar-refractivity contribution >= 4 is 0 Å². The number of rotatable bonds is 3. The van der Waals surface area contributed by atoms with E-state index in [4.69, 9.17) is 4.74 Å². The van der Waals surface area contributed by atoms with Gasteiger partial charge in [-0.05, 0) is 19.2 Å². The van der Waals surface area contributed by atoms with Crippen molar-refractivity contribution in [1.29, 1.82) is 5.26 Å². The molecule has 90 valence electrons. The molecule has 1 aromatic rings. The maximum absolute atomic E-state index is 9.67. The van der Waals surface area contributed by atoms with Crippen LogP contribution in [0.3, 0.4) is 0 Å². The molecule has 1 heterocycles. The van der Waals surface area contributed by atoms with Gasteiger partial charge >= 0.3 is 0 Å². The number of nitriles is 1. The molecule has 0 N–H and O–H groups in total. The molecule has 17 heavy (non-hydrogen) atoms. The lowest BCUT2D eigenvalue weighted by atomic mass is 9.84. The predicted molar refractivity (Wildman–Crippen MR) is 66.8 cm³/mol. The van der Waals surface area contributed by atoms with Gasteiger partial charge in [-0.2, -0.15) is 5.26 Å². The van der Waals surface area contributed by atoms with Gasteiger partial charge in [0, 0.05) is 12.0 Å². The molecular weight excluding hydrogens is 212 g/mol. The average Bonchev–Trinajstić information content (AvgIpc) is 2.40. The first kappa shape index (κ1) is 11.9. The first-order chi connectivity index (χ1) is 8.28. The molecule has 1 atom stereocenters. The maximum atomic E-state index is 9.67. The molecule has 1 unspecified atom stereocenters. The largest absolute Gasteiger partial charge is 0.493 e. The van der Waals surface area contributed by atoms with E-state index in [9.17, 15) is 5.26 Å². The van der Waals surface area contributed by atoms with E-state index in [0.29, 0.717) is 6.61 Å². The summed E-state index contributed by atoms with van der Waals surface area (Å²) in [5.41, 5.74) is 0.496. The summed E-state index contributed by atoms with van der Waals surface area (Å²) in [5.74, 6) is 0.854. The van der Waals surface area contributed by atoms with Gasteiger partial charge in [0.25, 0.3) is 0 Å². The van der Waals surface area contributed by atoms with Crippen LogP contribution in [0.1, 0.15) is 25.8 Å². The average molecular weight is 230 g/mol. The first-order valence-electron chi connectivity index (χ1n) is 6.17. The van der Waals surface area contributed by atoms with Crippen LogP contribution in [0.15, 0.2) is 24.3 Å². The van der Waals surface area contributed by atoms with Crippen LogP contribution in [0, 0.1) is 11.3 Å². The van der Waals surface area contributed by atoms with Gasteiger partial charge in [0.05, 0.1) is 12.7 Å². The molecule has 3 nitrogen and oxygen atoms in total. The third-order valence-electron chi connectivity index (χ3n) is 3.54. The Hall–Kier alpha value is -1.53. The molecule has 0 amide bonds. The molecule has 1 aromatic carbocycles. The van der Waals surface area contributed by atoms with Crippen LogP contribution in [-0.4, -0.2) is 24.6 Å². The summed E-state index contributed by atoms with van der Waals surface area (Å²) in [6, 6.07) is 10.4. The summed E-state index contributed by atoms with van der Waals surface area (Å²) < 4.78 is 5.64. The molecule has 0 bridgehead atoms. The standard InChI is InChI=1S/C14H18N2O/c1-3-16(4-2)14(11-15)9-10-17-13-8-6-5-7-12(13)14/h5-8H,3-4,9-10H2,1-2H3. The second kappa shape index (κ2) is 4.77. The van der Waals surface area contributed by atoms with Crippen molar-refractivity contribution in [2.45, 2.75) is 25.8 Å². The zero-order valence-electron chi connectivity index (χ0n) is 10.4. The van der Waals surface area contributed by atoms with E-state index in [1.807, 2.05) is 24.3 Å². The minimum absolute atomic E-state index is 0.516. The molecule has 0 aromatic heterocycles. The zero-order valence-corrected chi connectivity index (χ0v) is 10.4. The van der Waals surface area contributed by atoms with Gasteiger partial charge in [0.15, 0.2) is 0 Å². The molecule has 0 spiro atoms. The smallest absolute Gasteiger partial charge is 0.141 e. The topological polar surface area (TPSA) is 36.3 Å². The Kier molecular flexibility index (Phi) is 3.35. The zero-order chi connectivity index (χ0) is 12.3. The Labute approximate surface area is 103 Å². The summed E-state index contributed by atoms with van der Waals surface area (Å²) in [4.78, 5) is 2.22. The normalized spacial score (nSPS) is 22.7. The molecule has 3 heteroatoms. The summed E-state index contributed by atoms with van der Waals surface area (Å²) in [6.45, 7) is 6.55. The Bertz CT molecular complexity index is 434. The van der Waals surface area contributed by atoms with Crippen LogP contribution in [0.25, 0.3) is 0 Å². The Morgan fingerprint density at radius 1 is 1.35 bits per heavy atom. The summed E-state index contributed by atoms with van der Waals surface area (Å²) >= 11 is 0. The fourth-order valence-electron chi connectivity index (χ4n) is 2.66. The number of nitrogens with zero attached hydrogens (tertiary/aromatic N) is 2. The molecule has 0 aliphatic carbocycles. The van der Waals surface area contributed by atoms with Crippen LogP contribution in [0.4, 0.5) is 0 Å². The van der Waals surface area contributed by atoms with Crippen molar-refractivity contribution in [2.75, 3.05) is 19.7 Å². The van der Waals surface area contributed by atoms with Crippen LogP contribution in [0.5, 0.6) is 5.75 Å². The molecular formula is C14H18N2O. The highest BCUT2D eigenvalue weighted by Gasteiger charge is 2.41. The van der Waals surface area contributed by atoms with Crippen molar-refractivity contribution in [1.82, 2.24) is 4.90 Å². The number of hydrogen-bond acceptors (Lipinski definition) is 3. The predicted octanol–water partition coefficient (Wildman–Crippen LogP) is 2.53. The Morgan fingerprint density at radius 3 is 2.71 bits per heavy atom. The van der Waals surface area contributed by atoms with Gasteiger partial charge < -0.3 is 4.74 Å². The van der Waals surface area contributed by atoms with Crippen molar-refractivity contribution in [3.05, 3.63) is 29.8 Å². The number of para-hydroxylation sites is 1. The van der Waals surface area contributed by atoms with Crippen molar-refractivity contribution < 1.29 is 4.74 Å². The highest BCUT2D eigenvalue weighted by atomic mass is 16.5. The molecule has 0 fully saturated rings. The minimum Gasteiger partial charge on any atom is -0.493 e. The van der Waals surface area contributed by atoms with E-state index in [1.165, 1.54) is 0 Å². The number of ether oxygens (including phenoxy) is 1. The highest BCUT2D eigenvalue weighted by Crippen LogP contribution is 2.40. The molecule has 0 radical (unpaired) electrons. The van der Waals surface area contributed by atoms with Crippen LogP contribution >= 0.6 is 0 Å². The molecule has 1 aliphatic rings. The Morgan fingerprint density at radius 2 is 2.06 bits per heavy atom. The van der Waals surface area contributed by atoms with Gasteiger partial charge in [-0.25, -0.2) is 0 Å². The van der Waals surface area contributed by atoms with E-state index < -0.39 is 5.54 Å². The maximum Gasteiger partial charge on any atom is 0.141 e. The van der Waals surface area contributed by atoms with Crippen molar-refractivity contribution in [3.8, 4) is 11.8 Å². The van der Waals surface area contributed by atoms with E-state index in [-0.39, 0.29) is 0 Å². The fraction of sp³-hybridized carbons (Fsp3) is 0.500. The molecule has 1 aliphatic heterocycles. The fourth-order valence-corrected chi connectivity index (χ4v) is 2.66. The quantitative estimate of drug-likeness (QED) is 0.800. The van der Waals surface area contributed by atoms with E-state index in [1.54, 1.807) is 0 Å². The lowest BCUT2D eigenvalue weighted by molar-refractivity contribution is 0.0967. The van der Waals surface area contributed by atoms with Crippen LogP contribution in [-0.2, 0) is 5.54 Å². The minimum atomic E-state index is -0.516. The van der Waals surface area contributed by atoms with E-state index in [2.05, 4.69) is 24.8 Å². The first-order valence-corrected chi connectivity index (χ1v) is 6.17. The monoisotopic (exact) mass is 230 g/mol. The molecule has 0 saturated carbocycles. The van der Waals surface area contributed by atoms with Gasteiger partial charge in [-0.3, -0.25) is 4.90 Å². The van der Waals surface area contributed by atoms with Gasteiger partial charge in [0.2, 0.25) is 0 Å². The second-order valence-corrected chi connectivity index (χ2v) is 4.24. The molecule has 0 saturated heterocycles. The summed E-state index contributed by atoms with van der Waals surface area (Å²) in [7, 11) is 0. The third kappa shape index (κ3) is 1.79. The van der Waals surface area contributed by atoms with E-state index in [0.717, 1.165) is 30.8 Å². The Balaban J connectivity index is 2.53. The third-order valence-corrected chi connectivity index (χ3v) is 3.54. The van der Waals surface area contributed by atoms with Crippen molar-refractivity contribution in [3.63, 3.8) is 0 Å². The lowest BCUT2D eigenvalue weighted by Gasteiger charge is -2.41. The van der Waals surface area contributed by atoms with Gasteiger partial charge in [-0.1, -0.05) is 32.0 Å². The summed E-state index contributed by atoms with van der Waals surface area (Å²) in [5, 5.41) is 9.67. The van der Waals surface area contributed by atoms with Crippen molar-refractivity contribution in [2.24, 2.45) is 0 Å². The highest BCUT2D eigenvalue weighted by molar-refractivity contribution is 5.44. The molecule has 2 rings (SSSR count). The summed E-state index contributed by atoms with van der Waals surface area (Å²) in [6.07, 6.45) is 0.738. The number of hydrogen-bond donors (Lipinski definition) is 0. The second-order valence-electron chi connectivity index (χ2n) is 4.24. The number of benzene rings is 1. The van der Waals surface area contributed by atoms with Gasteiger partial charge in [0.1, 0.15) is 11.3 Å². The SMILES string of the molecule is CCN(CC)C1(C#N)CCOc2ccccc21. The van der Waals surface area contributed by atoms with Crippen LogP contribution < -0.4 is 4.74 Å². The number of fused-ring (bicyclic) bond motifs is 1. The lowest BCUT2D eigenvalue weighted by Crippen LogP contribution is -2.48. The van der Waals surface area contributed by atoms with E-state index >= 15 is 0 Å².